The Morgan fingerprint density at radius 2 is 2.11 bits per heavy atom. The lowest BCUT2D eigenvalue weighted by Crippen LogP contribution is -2.36. The molecule has 1 aromatic heterocycles. The van der Waals surface area contributed by atoms with E-state index in [1.807, 2.05) is 4.90 Å². The lowest BCUT2D eigenvalue weighted by atomic mass is 10.3. The Morgan fingerprint density at radius 3 is 2.79 bits per heavy atom. The van der Waals surface area contributed by atoms with E-state index >= 15 is 0 Å². The van der Waals surface area contributed by atoms with E-state index in [1.54, 1.807) is 0 Å². The molecule has 1 saturated heterocycles. The Hall–Kier alpha value is -1.67. The van der Waals surface area contributed by atoms with E-state index in [9.17, 15) is 10.1 Å². The summed E-state index contributed by atoms with van der Waals surface area (Å²) in [4.78, 5) is 16.7. The third-order valence-electron chi connectivity index (χ3n) is 2.91. The van der Waals surface area contributed by atoms with Crippen LogP contribution in [0.1, 0.15) is 0 Å². The zero-order chi connectivity index (χ0) is 13.4. The van der Waals surface area contributed by atoms with Gasteiger partial charge in [0.2, 0.25) is 0 Å². The van der Waals surface area contributed by atoms with E-state index in [-0.39, 0.29) is 5.69 Å². The molecule has 7 nitrogen and oxygen atoms in total. The first kappa shape index (κ1) is 12.4. The number of fused-ring (bicyclic) bond motifs is 1. The van der Waals surface area contributed by atoms with Crippen LogP contribution in [0.5, 0.6) is 0 Å². The Labute approximate surface area is 116 Å². The number of halogens is 1. The molecule has 1 aliphatic heterocycles. The summed E-state index contributed by atoms with van der Waals surface area (Å²) in [5, 5.41) is 10.8. The van der Waals surface area contributed by atoms with Gasteiger partial charge in [0.1, 0.15) is 5.52 Å². The molecule has 1 aliphatic rings. The molecule has 0 aliphatic carbocycles. The van der Waals surface area contributed by atoms with Crippen LogP contribution < -0.4 is 4.90 Å². The van der Waals surface area contributed by atoms with Gasteiger partial charge in [-0.3, -0.25) is 10.1 Å². The van der Waals surface area contributed by atoms with Crippen LogP contribution in [0, 0.1) is 10.1 Å². The maximum absolute atomic E-state index is 10.8. The molecule has 0 N–H and O–H groups in total. The zero-order valence-corrected chi connectivity index (χ0v) is 11.4. The molecule has 0 radical (unpaired) electrons. The first-order valence-corrected chi connectivity index (χ1v) is 6.51. The number of hydrogen-bond donors (Lipinski definition) is 0. The van der Waals surface area contributed by atoms with Gasteiger partial charge in [0, 0.05) is 19.2 Å². The smallest absolute Gasteiger partial charge is 0.298 e. The van der Waals surface area contributed by atoms with Crippen molar-refractivity contribution in [2.24, 2.45) is 0 Å². The fourth-order valence-corrected chi connectivity index (χ4v) is 2.48. The van der Waals surface area contributed by atoms with E-state index in [0.717, 1.165) is 0 Å². The average molecular weight is 328 g/mol. The van der Waals surface area contributed by atoms with Crippen LogP contribution in [-0.2, 0) is 4.74 Å². The zero-order valence-electron chi connectivity index (χ0n) is 9.84. The Morgan fingerprint density at radius 1 is 1.37 bits per heavy atom. The molecule has 0 unspecified atom stereocenters. The molecular weight excluding hydrogens is 318 g/mol. The van der Waals surface area contributed by atoms with Crippen molar-refractivity contribution >= 4 is 38.7 Å². The van der Waals surface area contributed by atoms with Gasteiger partial charge >= 0.3 is 0 Å². The highest BCUT2D eigenvalue weighted by molar-refractivity contribution is 9.10. The largest absolute Gasteiger partial charge is 0.423 e. The van der Waals surface area contributed by atoms with Crippen molar-refractivity contribution in [3.05, 3.63) is 26.7 Å². The molecule has 0 bridgehead atoms. The number of non-ortho nitro benzene ring substituents is 1. The van der Waals surface area contributed by atoms with Crippen LogP contribution in [0.2, 0.25) is 0 Å². The highest BCUT2D eigenvalue weighted by Gasteiger charge is 2.20. The fraction of sp³-hybridized carbons (Fsp3) is 0.364. The fourth-order valence-electron chi connectivity index (χ4n) is 1.96. The van der Waals surface area contributed by atoms with Gasteiger partial charge in [-0.1, -0.05) is 0 Å². The third-order valence-corrected chi connectivity index (χ3v) is 3.52. The molecule has 100 valence electrons. The number of ether oxygens (including phenoxy) is 1. The Balaban J connectivity index is 2.04. The summed E-state index contributed by atoms with van der Waals surface area (Å²) >= 11 is 3.28. The standard InChI is InChI=1S/C11H10BrN3O4/c12-8-5-7(15(16)17)6-9-10(8)13-11(19-9)14-1-3-18-4-2-14/h5-6H,1-4H2. The highest BCUT2D eigenvalue weighted by atomic mass is 79.9. The number of aromatic nitrogens is 1. The van der Waals surface area contributed by atoms with Gasteiger partial charge in [-0.15, -0.1) is 0 Å². The molecular formula is C11H10BrN3O4. The average Bonchev–Trinajstić information content (AvgIpc) is 2.84. The molecule has 0 saturated carbocycles. The molecule has 19 heavy (non-hydrogen) atoms. The van der Waals surface area contributed by atoms with Crippen LogP contribution in [0.15, 0.2) is 21.0 Å². The summed E-state index contributed by atoms with van der Waals surface area (Å²) in [6, 6.07) is 3.28. The Bertz CT molecular complexity index is 636. The summed E-state index contributed by atoms with van der Waals surface area (Å²) in [5.41, 5.74) is 0.971. The summed E-state index contributed by atoms with van der Waals surface area (Å²) in [7, 11) is 0. The maximum atomic E-state index is 10.8. The molecule has 0 spiro atoms. The SMILES string of the molecule is O=[N+]([O-])c1cc(Br)c2nc(N3CCOCC3)oc2c1. The van der Waals surface area contributed by atoms with Gasteiger partial charge in [0.05, 0.1) is 28.7 Å². The van der Waals surface area contributed by atoms with Gasteiger partial charge in [0.25, 0.3) is 11.7 Å². The van der Waals surface area contributed by atoms with Crippen LogP contribution in [0.4, 0.5) is 11.7 Å². The number of oxazole rings is 1. The second kappa shape index (κ2) is 4.78. The van der Waals surface area contributed by atoms with E-state index in [4.69, 9.17) is 9.15 Å². The van der Waals surface area contributed by atoms with Crippen molar-refractivity contribution in [2.45, 2.75) is 0 Å². The molecule has 2 heterocycles. The summed E-state index contributed by atoms with van der Waals surface area (Å²) in [6.45, 7) is 2.65. The second-order valence-electron chi connectivity index (χ2n) is 4.13. The minimum absolute atomic E-state index is 0.0240. The molecule has 0 atom stereocenters. The number of nitro benzene ring substituents is 1. The van der Waals surface area contributed by atoms with Gasteiger partial charge in [-0.25, -0.2) is 0 Å². The summed E-state index contributed by atoms with van der Waals surface area (Å²) in [5.74, 6) is 0. The first-order chi connectivity index (χ1) is 9.15. The van der Waals surface area contributed by atoms with Gasteiger partial charge in [-0.2, -0.15) is 4.98 Å². The topological polar surface area (TPSA) is 81.6 Å². The van der Waals surface area contributed by atoms with Crippen molar-refractivity contribution in [1.29, 1.82) is 0 Å². The predicted molar refractivity (Wildman–Crippen MR) is 71.4 cm³/mol. The normalized spacial score (nSPS) is 15.9. The monoisotopic (exact) mass is 327 g/mol. The van der Waals surface area contributed by atoms with Crippen molar-refractivity contribution in [2.75, 3.05) is 31.2 Å². The van der Waals surface area contributed by atoms with E-state index in [1.165, 1.54) is 12.1 Å². The minimum atomic E-state index is -0.457. The minimum Gasteiger partial charge on any atom is -0.423 e. The van der Waals surface area contributed by atoms with Gasteiger partial charge in [0.15, 0.2) is 5.58 Å². The summed E-state index contributed by atoms with van der Waals surface area (Å²) < 4.78 is 11.4. The molecule has 2 aromatic rings. The van der Waals surface area contributed by atoms with Crippen LogP contribution in [0.3, 0.4) is 0 Å². The number of benzene rings is 1. The van der Waals surface area contributed by atoms with Gasteiger partial charge < -0.3 is 14.1 Å². The van der Waals surface area contributed by atoms with Crippen molar-refractivity contribution in [3.8, 4) is 0 Å². The number of morpholine rings is 1. The number of nitro groups is 1. The number of hydrogen-bond acceptors (Lipinski definition) is 6. The number of nitrogens with zero attached hydrogens (tertiary/aromatic N) is 3. The summed E-state index contributed by atoms with van der Waals surface area (Å²) in [6.07, 6.45) is 0. The number of anilines is 1. The lowest BCUT2D eigenvalue weighted by Gasteiger charge is -2.24. The van der Waals surface area contributed by atoms with Crippen molar-refractivity contribution in [3.63, 3.8) is 0 Å². The molecule has 3 rings (SSSR count). The number of rotatable bonds is 2. The lowest BCUT2D eigenvalue weighted by molar-refractivity contribution is -0.384. The van der Waals surface area contributed by atoms with E-state index in [2.05, 4.69) is 20.9 Å². The van der Waals surface area contributed by atoms with Crippen molar-refractivity contribution < 1.29 is 14.1 Å². The maximum Gasteiger partial charge on any atom is 0.298 e. The molecule has 1 fully saturated rings. The van der Waals surface area contributed by atoms with E-state index < -0.39 is 4.92 Å². The van der Waals surface area contributed by atoms with Crippen molar-refractivity contribution in [1.82, 2.24) is 4.98 Å². The van der Waals surface area contributed by atoms with Crippen LogP contribution in [0.25, 0.3) is 11.1 Å². The van der Waals surface area contributed by atoms with E-state index in [0.29, 0.717) is 47.9 Å². The molecule has 0 amide bonds. The molecule has 1 aromatic carbocycles. The van der Waals surface area contributed by atoms with Crippen LogP contribution >= 0.6 is 15.9 Å². The highest BCUT2D eigenvalue weighted by Crippen LogP contribution is 2.32. The quantitative estimate of drug-likeness (QED) is 0.622. The van der Waals surface area contributed by atoms with Crippen LogP contribution in [-0.4, -0.2) is 36.2 Å². The first-order valence-electron chi connectivity index (χ1n) is 5.72. The molecule has 8 heteroatoms. The third kappa shape index (κ3) is 2.28. The predicted octanol–water partition coefficient (Wildman–Crippen LogP) is 2.34. The van der Waals surface area contributed by atoms with Gasteiger partial charge in [-0.05, 0) is 15.9 Å². The second-order valence-corrected chi connectivity index (χ2v) is 4.98. The Kier molecular flexibility index (Phi) is 3.11.